The van der Waals surface area contributed by atoms with Gasteiger partial charge in [-0.1, -0.05) is 48.5 Å². The molecule has 0 unspecified atom stereocenters. The summed E-state index contributed by atoms with van der Waals surface area (Å²) in [6, 6.07) is 13.8. The normalized spacial score (nSPS) is 13.9. The third-order valence-electron chi connectivity index (χ3n) is 6.17. The first-order valence-corrected chi connectivity index (χ1v) is 12.5. The number of rotatable bonds is 9. The largest absolute Gasteiger partial charge is 0.480 e. The number of hydrogen-bond donors (Lipinski definition) is 3. The summed E-state index contributed by atoms with van der Waals surface area (Å²) >= 11 is 0. The van der Waals surface area contributed by atoms with Gasteiger partial charge in [0.2, 0.25) is 5.91 Å². The lowest BCUT2D eigenvalue weighted by atomic mass is 9.98. The van der Waals surface area contributed by atoms with Crippen molar-refractivity contribution in [2.45, 2.75) is 58.2 Å². The van der Waals surface area contributed by atoms with Crippen molar-refractivity contribution in [3.8, 4) is 11.1 Å². The first-order valence-electron chi connectivity index (χ1n) is 12.5. The van der Waals surface area contributed by atoms with Crippen LogP contribution in [0.5, 0.6) is 0 Å². The van der Waals surface area contributed by atoms with Crippen LogP contribution in [0.4, 0.5) is 9.59 Å². The Morgan fingerprint density at radius 1 is 0.974 bits per heavy atom. The van der Waals surface area contributed by atoms with Gasteiger partial charge in [0.1, 0.15) is 24.3 Å². The first kappa shape index (κ1) is 28.5. The van der Waals surface area contributed by atoms with E-state index < -0.39 is 41.7 Å². The fraction of sp³-hybridized carbons (Fsp3) is 0.429. The van der Waals surface area contributed by atoms with Gasteiger partial charge < -0.3 is 25.2 Å². The van der Waals surface area contributed by atoms with Crippen molar-refractivity contribution in [1.82, 2.24) is 15.5 Å². The van der Waals surface area contributed by atoms with Crippen LogP contribution in [0.25, 0.3) is 11.1 Å². The van der Waals surface area contributed by atoms with Crippen molar-refractivity contribution in [2.75, 3.05) is 19.7 Å². The minimum absolute atomic E-state index is 0.0119. The number of amides is 3. The molecule has 0 aromatic heterocycles. The number of nitrogens with one attached hydrogen (secondary N) is 2. The molecule has 10 heteroatoms. The van der Waals surface area contributed by atoms with Crippen LogP contribution in [-0.2, 0) is 19.1 Å². The van der Waals surface area contributed by atoms with E-state index in [1.807, 2.05) is 48.5 Å². The van der Waals surface area contributed by atoms with Crippen molar-refractivity contribution in [2.24, 2.45) is 0 Å². The molecule has 0 saturated carbocycles. The smallest absolute Gasteiger partial charge is 0.411 e. The fourth-order valence-electron chi connectivity index (χ4n) is 4.23. The number of carbonyl (C=O) groups excluding carboxylic acids is 3. The summed E-state index contributed by atoms with van der Waals surface area (Å²) in [5.41, 5.74) is 3.60. The molecule has 2 atom stereocenters. The summed E-state index contributed by atoms with van der Waals surface area (Å²) in [5.74, 6) is -1.95. The summed E-state index contributed by atoms with van der Waals surface area (Å²) in [7, 11) is 0. The van der Waals surface area contributed by atoms with Crippen LogP contribution in [0.15, 0.2) is 48.5 Å². The van der Waals surface area contributed by atoms with Crippen LogP contribution in [0.2, 0.25) is 0 Å². The topological polar surface area (TPSA) is 134 Å². The molecule has 3 rings (SSSR count). The molecule has 0 aliphatic heterocycles. The molecule has 204 valence electrons. The molecule has 0 fully saturated rings. The lowest BCUT2D eigenvalue weighted by Crippen LogP contribution is -2.53. The standard InChI is InChI=1S/C28H35N3O7/c1-17(25(33)34)30-24(32)18(2)31(27(36)38-28(3,4)5)15-14-29-26(35)37-16-23-21-12-8-6-10-19(21)20-11-7-9-13-22(20)23/h6-13,17-18,23H,14-16H2,1-5H3,(H,29,35)(H,30,32)(H,33,34)/t17-,18-/m0/s1. The van der Waals surface area contributed by atoms with E-state index in [0.29, 0.717) is 0 Å². The summed E-state index contributed by atoms with van der Waals surface area (Å²) < 4.78 is 10.9. The van der Waals surface area contributed by atoms with E-state index in [1.165, 1.54) is 13.8 Å². The number of carboxylic acids is 1. The van der Waals surface area contributed by atoms with E-state index in [0.717, 1.165) is 27.2 Å². The van der Waals surface area contributed by atoms with Crippen molar-refractivity contribution in [3.63, 3.8) is 0 Å². The maximum atomic E-state index is 12.8. The third-order valence-corrected chi connectivity index (χ3v) is 6.17. The zero-order valence-electron chi connectivity index (χ0n) is 22.3. The van der Waals surface area contributed by atoms with Gasteiger partial charge in [0.25, 0.3) is 0 Å². The van der Waals surface area contributed by atoms with Crippen LogP contribution in [0.1, 0.15) is 51.7 Å². The molecule has 0 spiro atoms. The third kappa shape index (κ3) is 7.02. The van der Waals surface area contributed by atoms with Gasteiger partial charge >= 0.3 is 18.2 Å². The number of nitrogens with zero attached hydrogens (tertiary/aromatic N) is 1. The summed E-state index contributed by atoms with van der Waals surface area (Å²) in [6.45, 7) is 7.92. The Kier molecular flexibility index (Phi) is 8.98. The Morgan fingerprint density at radius 2 is 1.53 bits per heavy atom. The number of alkyl carbamates (subject to hydrolysis) is 1. The molecule has 0 bridgehead atoms. The molecule has 2 aromatic carbocycles. The van der Waals surface area contributed by atoms with Crippen molar-refractivity contribution in [3.05, 3.63) is 59.7 Å². The second-order valence-corrected chi connectivity index (χ2v) is 10.2. The molecular weight excluding hydrogens is 490 g/mol. The highest BCUT2D eigenvalue weighted by Gasteiger charge is 2.32. The van der Waals surface area contributed by atoms with Gasteiger partial charge in [0.05, 0.1) is 0 Å². The Morgan fingerprint density at radius 3 is 2.05 bits per heavy atom. The lowest BCUT2D eigenvalue weighted by molar-refractivity contribution is -0.142. The molecule has 10 nitrogen and oxygen atoms in total. The number of carbonyl (C=O) groups is 4. The van der Waals surface area contributed by atoms with Crippen LogP contribution in [0.3, 0.4) is 0 Å². The van der Waals surface area contributed by atoms with Crippen LogP contribution in [0, 0.1) is 0 Å². The van der Waals surface area contributed by atoms with E-state index in [-0.39, 0.29) is 25.6 Å². The van der Waals surface area contributed by atoms with Gasteiger partial charge in [-0.2, -0.15) is 0 Å². The Hall–Kier alpha value is -4.08. The van der Waals surface area contributed by atoms with Gasteiger partial charge in [-0.15, -0.1) is 0 Å². The Bertz CT molecular complexity index is 1150. The molecule has 1 aliphatic rings. The van der Waals surface area contributed by atoms with Crippen LogP contribution in [-0.4, -0.2) is 71.5 Å². The predicted octanol–water partition coefficient (Wildman–Crippen LogP) is 3.74. The molecule has 38 heavy (non-hydrogen) atoms. The average molecular weight is 526 g/mol. The maximum absolute atomic E-state index is 12.8. The van der Waals surface area contributed by atoms with E-state index >= 15 is 0 Å². The molecular formula is C28H35N3O7. The Balaban J connectivity index is 1.59. The van der Waals surface area contributed by atoms with Gasteiger partial charge in [-0.05, 0) is 56.9 Å². The highest BCUT2D eigenvalue weighted by Crippen LogP contribution is 2.44. The fourth-order valence-corrected chi connectivity index (χ4v) is 4.23. The number of benzene rings is 2. The molecule has 2 aromatic rings. The predicted molar refractivity (Wildman–Crippen MR) is 141 cm³/mol. The number of aliphatic carboxylic acids is 1. The zero-order valence-corrected chi connectivity index (χ0v) is 22.3. The molecule has 3 amide bonds. The lowest BCUT2D eigenvalue weighted by Gasteiger charge is -2.31. The minimum Gasteiger partial charge on any atom is -0.480 e. The maximum Gasteiger partial charge on any atom is 0.411 e. The highest BCUT2D eigenvalue weighted by atomic mass is 16.6. The van der Waals surface area contributed by atoms with Crippen molar-refractivity contribution >= 4 is 24.1 Å². The van der Waals surface area contributed by atoms with Crippen LogP contribution < -0.4 is 10.6 Å². The molecule has 0 saturated heterocycles. The molecule has 3 N–H and O–H groups in total. The van der Waals surface area contributed by atoms with Gasteiger partial charge in [-0.25, -0.2) is 9.59 Å². The first-order chi connectivity index (χ1) is 17.9. The zero-order chi connectivity index (χ0) is 28.0. The van der Waals surface area contributed by atoms with E-state index in [2.05, 4.69) is 10.6 Å². The van der Waals surface area contributed by atoms with E-state index in [1.54, 1.807) is 20.8 Å². The number of fused-ring (bicyclic) bond motifs is 3. The van der Waals surface area contributed by atoms with Crippen LogP contribution >= 0.6 is 0 Å². The van der Waals surface area contributed by atoms with Crippen molar-refractivity contribution < 1.29 is 33.8 Å². The minimum atomic E-state index is -1.20. The second kappa shape index (κ2) is 12.0. The number of ether oxygens (including phenoxy) is 2. The van der Waals surface area contributed by atoms with E-state index in [4.69, 9.17) is 14.6 Å². The van der Waals surface area contributed by atoms with Gasteiger partial charge in [0.15, 0.2) is 0 Å². The average Bonchev–Trinajstić information content (AvgIpc) is 3.17. The number of carboxylic acid groups (broad SMARTS) is 1. The monoisotopic (exact) mass is 525 g/mol. The quantitative estimate of drug-likeness (QED) is 0.454. The number of hydrogen-bond acceptors (Lipinski definition) is 6. The highest BCUT2D eigenvalue weighted by molar-refractivity contribution is 5.89. The second-order valence-electron chi connectivity index (χ2n) is 10.2. The molecule has 1 aliphatic carbocycles. The SMILES string of the molecule is C[C@H](NC(=O)[C@H](C)N(CCNC(=O)OCC1c2ccccc2-c2ccccc21)C(=O)OC(C)(C)C)C(=O)O. The Labute approximate surface area is 222 Å². The summed E-state index contributed by atoms with van der Waals surface area (Å²) in [5, 5.41) is 14.0. The van der Waals surface area contributed by atoms with Crippen molar-refractivity contribution in [1.29, 1.82) is 0 Å². The van der Waals surface area contributed by atoms with E-state index in [9.17, 15) is 19.2 Å². The van der Waals surface area contributed by atoms with Gasteiger partial charge in [0, 0.05) is 19.0 Å². The summed E-state index contributed by atoms with van der Waals surface area (Å²) in [4.78, 5) is 50.1. The summed E-state index contributed by atoms with van der Waals surface area (Å²) in [6.07, 6.45) is -1.43. The van der Waals surface area contributed by atoms with Gasteiger partial charge in [-0.3, -0.25) is 14.5 Å². The molecule has 0 heterocycles. The molecule has 0 radical (unpaired) electrons.